The molecule has 0 radical (unpaired) electrons. The van der Waals surface area contributed by atoms with Crippen LogP contribution in [-0.2, 0) is 13.6 Å². The highest BCUT2D eigenvalue weighted by molar-refractivity contribution is 6.41. The number of hydrogen-bond donors (Lipinski definition) is 2. The maximum absolute atomic E-state index is 6.13. The smallest absolute Gasteiger partial charge is 0.191 e. The molecule has 0 aliphatic carbocycles. The van der Waals surface area contributed by atoms with Crippen molar-refractivity contribution in [1.29, 1.82) is 0 Å². The predicted molar refractivity (Wildman–Crippen MR) is 110 cm³/mol. The van der Waals surface area contributed by atoms with Gasteiger partial charge in [0.1, 0.15) is 5.15 Å². The summed E-state index contributed by atoms with van der Waals surface area (Å²) in [5, 5.41) is 7.82. The van der Waals surface area contributed by atoms with E-state index in [1.54, 1.807) is 6.20 Å². The number of guanidine groups is 1. The first-order valence-corrected chi connectivity index (χ1v) is 9.61. The Morgan fingerprint density at radius 2 is 2.08 bits per heavy atom. The summed E-state index contributed by atoms with van der Waals surface area (Å²) in [7, 11) is 1.89. The van der Waals surface area contributed by atoms with E-state index in [1.807, 2.05) is 29.9 Å². The Labute approximate surface area is 165 Å². The molecule has 0 aromatic carbocycles. The van der Waals surface area contributed by atoms with Crippen molar-refractivity contribution in [1.82, 2.24) is 20.2 Å². The first kappa shape index (κ1) is 20.6. The number of nitrogens with one attached hydrogen (secondary N) is 2. The second-order valence-corrected chi connectivity index (χ2v) is 7.31. The fraction of sp³-hybridized carbons (Fsp3) is 0.474. The predicted octanol–water partition coefficient (Wildman–Crippen LogP) is 4.22. The Hall–Kier alpha value is -1.72. The van der Waals surface area contributed by atoms with Gasteiger partial charge < -0.3 is 15.2 Å². The average Bonchev–Trinajstić information content (AvgIpc) is 2.87. The molecule has 0 aliphatic rings. The van der Waals surface area contributed by atoms with Gasteiger partial charge in [0.25, 0.3) is 0 Å². The molecule has 2 aromatic rings. The van der Waals surface area contributed by atoms with E-state index in [2.05, 4.69) is 47.4 Å². The number of pyridine rings is 1. The van der Waals surface area contributed by atoms with Crippen molar-refractivity contribution in [3.05, 3.63) is 52.0 Å². The van der Waals surface area contributed by atoms with E-state index in [9.17, 15) is 0 Å². The Balaban J connectivity index is 2.07. The van der Waals surface area contributed by atoms with Crippen LogP contribution in [0.5, 0.6) is 0 Å². The molecule has 2 N–H and O–H groups in total. The highest BCUT2D eigenvalue weighted by atomic mass is 35.5. The van der Waals surface area contributed by atoms with Gasteiger partial charge in [-0.05, 0) is 30.5 Å². The Kier molecular flexibility index (Phi) is 7.79. The SMILES string of the molecule is CCNC(=NCc1cc(Cl)c(Cl)n1C)NCC(c1cccnc1)C(C)C. The van der Waals surface area contributed by atoms with Crippen LogP contribution in [0, 0.1) is 5.92 Å². The van der Waals surface area contributed by atoms with Crippen LogP contribution in [0.4, 0.5) is 0 Å². The lowest BCUT2D eigenvalue weighted by Crippen LogP contribution is -2.40. The Bertz CT molecular complexity index is 725. The van der Waals surface area contributed by atoms with Gasteiger partial charge in [-0.1, -0.05) is 43.1 Å². The minimum Gasteiger partial charge on any atom is -0.357 e. The van der Waals surface area contributed by atoms with Crippen molar-refractivity contribution in [2.75, 3.05) is 13.1 Å². The second kappa shape index (κ2) is 9.83. The zero-order chi connectivity index (χ0) is 19.1. The molecule has 0 spiro atoms. The van der Waals surface area contributed by atoms with E-state index in [1.165, 1.54) is 5.56 Å². The van der Waals surface area contributed by atoms with Crippen LogP contribution >= 0.6 is 23.2 Å². The van der Waals surface area contributed by atoms with Crippen molar-refractivity contribution in [3.8, 4) is 0 Å². The Morgan fingerprint density at radius 1 is 1.31 bits per heavy atom. The van der Waals surface area contributed by atoms with Gasteiger partial charge in [-0.3, -0.25) is 4.98 Å². The van der Waals surface area contributed by atoms with Crippen LogP contribution in [0.15, 0.2) is 35.6 Å². The van der Waals surface area contributed by atoms with Crippen LogP contribution in [0.25, 0.3) is 0 Å². The molecule has 0 bridgehead atoms. The molecule has 5 nitrogen and oxygen atoms in total. The monoisotopic (exact) mass is 395 g/mol. The lowest BCUT2D eigenvalue weighted by Gasteiger charge is -2.23. The molecular formula is C19H27Cl2N5. The molecule has 0 saturated heterocycles. The summed E-state index contributed by atoms with van der Waals surface area (Å²) in [6.45, 7) is 8.56. The zero-order valence-electron chi connectivity index (χ0n) is 15.8. The number of nitrogens with zero attached hydrogens (tertiary/aromatic N) is 3. The maximum atomic E-state index is 6.13. The van der Waals surface area contributed by atoms with Gasteiger partial charge in [0.05, 0.1) is 11.6 Å². The first-order chi connectivity index (χ1) is 12.4. The minimum absolute atomic E-state index is 0.353. The largest absolute Gasteiger partial charge is 0.357 e. The van der Waals surface area contributed by atoms with E-state index in [0.717, 1.165) is 24.7 Å². The fourth-order valence-electron chi connectivity index (χ4n) is 2.78. The van der Waals surface area contributed by atoms with Gasteiger partial charge in [0.15, 0.2) is 5.96 Å². The van der Waals surface area contributed by atoms with Crippen LogP contribution in [-0.4, -0.2) is 28.6 Å². The van der Waals surface area contributed by atoms with Crippen molar-refractivity contribution >= 4 is 29.2 Å². The van der Waals surface area contributed by atoms with Crippen LogP contribution in [0.2, 0.25) is 10.2 Å². The molecule has 2 heterocycles. The third kappa shape index (κ3) is 5.39. The summed E-state index contributed by atoms with van der Waals surface area (Å²) in [5.74, 6) is 1.61. The van der Waals surface area contributed by atoms with Crippen LogP contribution in [0.3, 0.4) is 0 Å². The fourth-order valence-corrected chi connectivity index (χ4v) is 3.20. The summed E-state index contributed by atoms with van der Waals surface area (Å²) in [4.78, 5) is 8.91. The molecule has 26 heavy (non-hydrogen) atoms. The quantitative estimate of drug-likeness (QED) is 0.544. The van der Waals surface area contributed by atoms with E-state index in [0.29, 0.717) is 28.6 Å². The second-order valence-electron chi connectivity index (χ2n) is 6.55. The van der Waals surface area contributed by atoms with E-state index in [4.69, 9.17) is 23.2 Å². The number of hydrogen-bond acceptors (Lipinski definition) is 2. The highest BCUT2D eigenvalue weighted by Gasteiger charge is 2.16. The number of aliphatic imine (C=N–C) groups is 1. The molecule has 0 aliphatic heterocycles. The molecule has 1 unspecified atom stereocenters. The summed E-state index contributed by atoms with van der Waals surface area (Å²) in [5.41, 5.74) is 2.19. The first-order valence-electron chi connectivity index (χ1n) is 8.85. The third-order valence-corrected chi connectivity index (χ3v) is 5.21. The van der Waals surface area contributed by atoms with Gasteiger partial charge in [-0.2, -0.15) is 0 Å². The molecule has 1 atom stereocenters. The average molecular weight is 396 g/mol. The zero-order valence-corrected chi connectivity index (χ0v) is 17.3. The summed E-state index contributed by atoms with van der Waals surface area (Å²) in [6, 6.07) is 5.95. The van der Waals surface area contributed by atoms with Crippen molar-refractivity contribution < 1.29 is 0 Å². The third-order valence-electron chi connectivity index (χ3n) is 4.37. The molecule has 142 valence electrons. The van der Waals surface area contributed by atoms with Gasteiger partial charge in [0, 0.05) is 44.1 Å². The summed E-state index contributed by atoms with van der Waals surface area (Å²) >= 11 is 12.2. The van der Waals surface area contributed by atoms with E-state index in [-0.39, 0.29) is 0 Å². The van der Waals surface area contributed by atoms with Gasteiger partial charge in [-0.15, -0.1) is 0 Å². The van der Waals surface area contributed by atoms with Gasteiger partial charge >= 0.3 is 0 Å². The maximum Gasteiger partial charge on any atom is 0.191 e. The minimum atomic E-state index is 0.353. The molecule has 0 fully saturated rings. The van der Waals surface area contributed by atoms with Gasteiger partial charge in [-0.25, -0.2) is 4.99 Å². The van der Waals surface area contributed by atoms with Crippen molar-refractivity contribution in [2.24, 2.45) is 18.0 Å². The van der Waals surface area contributed by atoms with Gasteiger partial charge in [0.2, 0.25) is 0 Å². The Morgan fingerprint density at radius 3 is 2.62 bits per heavy atom. The topological polar surface area (TPSA) is 54.2 Å². The summed E-state index contributed by atoms with van der Waals surface area (Å²) in [6.07, 6.45) is 3.74. The molecule has 0 saturated carbocycles. The van der Waals surface area contributed by atoms with Crippen molar-refractivity contribution in [3.63, 3.8) is 0 Å². The number of aromatic nitrogens is 2. The number of rotatable bonds is 7. The molecule has 2 rings (SSSR count). The summed E-state index contributed by atoms with van der Waals surface area (Å²) < 4.78 is 1.85. The van der Waals surface area contributed by atoms with E-state index < -0.39 is 0 Å². The molecule has 7 heteroatoms. The highest BCUT2D eigenvalue weighted by Crippen LogP contribution is 2.25. The standard InChI is InChI=1S/C19H27Cl2N5/c1-5-23-19(24-11-15-9-17(20)18(21)26(15)4)25-12-16(13(2)3)14-7-6-8-22-10-14/h6-10,13,16H,5,11-12H2,1-4H3,(H2,23,24,25). The lowest BCUT2D eigenvalue weighted by molar-refractivity contribution is 0.487. The normalized spacial score (nSPS) is 13.1. The lowest BCUT2D eigenvalue weighted by atomic mass is 9.89. The van der Waals surface area contributed by atoms with Crippen LogP contribution < -0.4 is 10.6 Å². The van der Waals surface area contributed by atoms with Crippen LogP contribution in [0.1, 0.15) is 37.9 Å². The molecular weight excluding hydrogens is 369 g/mol. The molecule has 0 amide bonds. The van der Waals surface area contributed by atoms with E-state index >= 15 is 0 Å². The number of halogens is 2. The molecule has 2 aromatic heterocycles. The van der Waals surface area contributed by atoms with Crippen molar-refractivity contribution in [2.45, 2.75) is 33.2 Å².